The Labute approximate surface area is 193 Å². The van der Waals surface area contributed by atoms with Gasteiger partial charge in [-0.15, -0.1) is 0 Å². The minimum Gasteiger partial charge on any atom is -0.459 e. The van der Waals surface area contributed by atoms with Gasteiger partial charge in [0.2, 0.25) is 0 Å². The summed E-state index contributed by atoms with van der Waals surface area (Å²) in [5.41, 5.74) is 0.418. The lowest BCUT2D eigenvalue weighted by molar-refractivity contribution is -0.152. The Morgan fingerprint density at radius 3 is 2.26 bits per heavy atom. The number of esters is 1. The van der Waals surface area contributed by atoms with E-state index in [0.717, 1.165) is 10.8 Å². The minimum absolute atomic E-state index is 0.240. The molecule has 0 bridgehead atoms. The Bertz CT molecular complexity index is 1200. The molecular formula is C23H20Cl2N2O3S. The van der Waals surface area contributed by atoms with Crippen molar-refractivity contribution in [2.45, 2.75) is 31.3 Å². The van der Waals surface area contributed by atoms with Gasteiger partial charge in [0.1, 0.15) is 12.1 Å². The van der Waals surface area contributed by atoms with E-state index in [9.17, 15) is 9.00 Å². The molecule has 8 heteroatoms. The summed E-state index contributed by atoms with van der Waals surface area (Å²) in [4.78, 5) is 12.9. The molecule has 0 saturated heterocycles. The monoisotopic (exact) mass is 474 g/mol. The molecule has 0 radical (unpaired) electrons. The van der Waals surface area contributed by atoms with Gasteiger partial charge in [0.05, 0.1) is 22.2 Å². The smallest absolute Gasteiger partial charge is 0.327 e. The molecule has 0 N–H and O–H groups in total. The van der Waals surface area contributed by atoms with Crippen LogP contribution in [0.4, 0.5) is 5.69 Å². The predicted molar refractivity (Wildman–Crippen MR) is 125 cm³/mol. The van der Waals surface area contributed by atoms with Crippen molar-refractivity contribution in [1.29, 1.82) is 5.26 Å². The molecule has 3 aromatic rings. The maximum atomic E-state index is 13.5. The highest BCUT2D eigenvalue weighted by molar-refractivity contribution is 7.86. The van der Waals surface area contributed by atoms with E-state index in [1.807, 2.05) is 18.2 Å². The lowest BCUT2D eigenvalue weighted by atomic mass is 10.1. The molecule has 3 rings (SSSR count). The van der Waals surface area contributed by atoms with Gasteiger partial charge in [-0.25, -0.2) is 4.21 Å². The molecule has 1 atom stereocenters. The van der Waals surface area contributed by atoms with Gasteiger partial charge in [0, 0.05) is 10.0 Å². The fraction of sp³-hybridized carbons (Fsp3) is 0.217. The number of hydrogen-bond acceptors (Lipinski definition) is 4. The molecular weight excluding hydrogens is 455 g/mol. The number of rotatable bonds is 5. The summed E-state index contributed by atoms with van der Waals surface area (Å²) in [6.07, 6.45) is 0. The van der Waals surface area contributed by atoms with Crippen LogP contribution in [0.1, 0.15) is 26.3 Å². The summed E-state index contributed by atoms with van der Waals surface area (Å²) in [5, 5.41) is 11.5. The molecule has 0 spiro atoms. The zero-order chi connectivity index (χ0) is 22.8. The second kappa shape index (κ2) is 9.27. The molecule has 0 amide bonds. The van der Waals surface area contributed by atoms with Crippen molar-refractivity contribution < 1.29 is 13.7 Å². The van der Waals surface area contributed by atoms with Crippen LogP contribution >= 0.6 is 23.2 Å². The van der Waals surface area contributed by atoms with Crippen molar-refractivity contribution in [2.75, 3.05) is 10.8 Å². The SMILES string of the molecule is CC(C)(C)OC(=O)CN(c1ccc2cc(C#N)ccc2c1)S(=O)c1cc(Cl)cc(Cl)c1. The number of hydrogen-bond donors (Lipinski definition) is 0. The average Bonchev–Trinajstić information content (AvgIpc) is 2.68. The van der Waals surface area contributed by atoms with Crippen molar-refractivity contribution in [3.05, 3.63) is 70.2 Å². The van der Waals surface area contributed by atoms with E-state index in [1.165, 1.54) is 4.31 Å². The van der Waals surface area contributed by atoms with Crippen LogP contribution < -0.4 is 4.31 Å². The van der Waals surface area contributed by atoms with Crippen LogP contribution in [0.5, 0.6) is 0 Å². The first-order valence-corrected chi connectivity index (χ1v) is 11.2. The molecule has 3 aromatic carbocycles. The van der Waals surface area contributed by atoms with E-state index >= 15 is 0 Å². The Hall–Kier alpha value is -2.59. The lowest BCUT2D eigenvalue weighted by Gasteiger charge is -2.26. The Kier molecular flexibility index (Phi) is 6.90. The quantitative estimate of drug-likeness (QED) is 0.432. The number of carbonyl (C=O) groups excluding carboxylic acids is 1. The van der Waals surface area contributed by atoms with Gasteiger partial charge in [-0.1, -0.05) is 35.3 Å². The van der Waals surface area contributed by atoms with E-state index in [4.69, 9.17) is 33.2 Å². The highest BCUT2D eigenvalue weighted by atomic mass is 35.5. The van der Waals surface area contributed by atoms with E-state index in [-0.39, 0.29) is 6.54 Å². The summed E-state index contributed by atoms with van der Waals surface area (Å²) < 4.78 is 20.3. The van der Waals surface area contributed by atoms with E-state index in [0.29, 0.717) is 26.2 Å². The third kappa shape index (κ3) is 5.98. The molecule has 0 fully saturated rings. The number of anilines is 1. The highest BCUT2D eigenvalue weighted by Gasteiger charge is 2.24. The normalized spacial score (nSPS) is 12.3. The highest BCUT2D eigenvalue weighted by Crippen LogP contribution is 2.29. The van der Waals surface area contributed by atoms with Gasteiger partial charge >= 0.3 is 5.97 Å². The van der Waals surface area contributed by atoms with Crippen molar-refractivity contribution in [2.24, 2.45) is 0 Å². The number of halogens is 2. The summed E-state index contributed by atoms with van der Waals surface area (Å²) in [5.74, 6) is -0.520. The summed E-state index contributed by atoms with van der Waals surface area (Å²) in [6, 6.07) is 17.4. The second-order valence-electron chi connectivity index (χ2n) is 7.84. The third-order valence-corrected chi connectivity index (χ3v) is 5.99. The first-order chi connectivity index (χ1) is 14.6. The number of nitriles is 1. The minimum atomic E-state index is -1.78. The molecule has 5 nitrogen and oxygen atoms in total. The predicted octanol–water partition coefficient (Wildman–Crippen LogP) is 5.89. The van der Waals surface area contributed by atoms with E-state index in [2.05, 4.69) is 6.07 Å². The Morgan fingerprint density at radius 1 is 1.03 bits per heavy atom. The van der Waals surface area contributed by atoms with E-state index in [1.54, 1.807) is 57.2 Å². The van der Waals surface area contributed by atoms with Gasteiger partial charge in [-0.05, 0) is 74.0 Å². The molecule has 0 aromatic heterocycles. The van der Waals surface area contributed by atoms with Crippen molar-refractivity contribution in [3.63, 3.8) is 0 Å². The molecule has 1 unspecified atom stereocenters. The number of fused-ring (bicyclic) bond motifs is 1. The van der Waals surface area contributed by atoms with Gasteiger partial charge < -0.3 is 4.74 Å². The molecule has 0 aliphatic rings. The summed E-state index contributed by atoms with van der Waals surface area (Å²) in [7, 11) is -1.78. The van der Waals surface area contributed by atoms with Crippen LogP contribution in [0.25, 0.3) is 10.8 Å². The molecule has 160 valence electrons. The largest absolute Gasteiger partial charge is 0.459 e. The summed E-state index contributed by atoms with van der Waals surface area (Å²) in [6.45, 7) is 5.07. The number of ether oxygens (including phenoxy) is 1. The van der Waals surface area contributed by atoms with Crippen molar-refractivity contribution in [1.82, 2.24) is 0 Å². The van der Waals surface area contributed by atoms with Crippen LogP contribution in [0.2, 0.25) is 10.0 Å². The Balaban J connectivity index is 2.04. The number of benzene rings is 3. The van der Waals surface area contributed by atoms with Crippen LogP contribution in [-0.2, 0) is 20.5 Å². The summed E-state index contributed by atoms with van der Waals surface area (Å²) >= 11 is 12.2. The number of carbonyl (C=O) groups is 1. The van der Waals surface area contributed by atoms with Crippen molar-refractivity contribution >= 4 is 56.6 Å². The Morgan fingerprint density at radius 2 is 1.65 bits per heavy atom. The molecule has 31 heavy (non-hydrogen) atoms. The maximum Gasteiger partial charge on any atom is 0.327 e. The van der Waals surface area contributed by atoms with Crippen LogP contribution in [-0.4, -0.2) is 22.3 Å². The standard InChI is InChI=1S/C23H20Cl2N2O3S/c1-23(2,3)30-22(28)14-27(31(29)21-11-18(24)10-19(25)12-21)20-7-6-16-8-15(13-26)4-5-17(16)9-20/h4-12H,14H2,1-3H3. The van der Waals surface area contributed by atoms with Gasteiger partial charge in [-0.2, -0.15) is 5.26 Å². The first-order valence-electron chi connectivity index (χ1n) is 9.37. The van der Waals surface area contributed by atoms with Crippen molar-refractivity contribution in [3.8, 4) is 6.07 Å². The lowest BCUT2D eigenvalue weighted by Crippen LogP contribution is -2.36. The van der Waals surface area contributed by atoms with Gasteiger partial charge in [0.25, 0.3) is 0 Å². The molecule has 0 saturated carbocycles. The van der Waals surface area contributed by atoms with E-state index < -0.39 is 22.6 Å². The zero-order valence-electron chi connectivity index (χ0n) is 17.2. The van der Waals surface area contributed by atoms with Gasteiger partial charge in [0.15, 0.2) is 11.0 Å². The first kappa shape index (κ1) is 23.1. The zero-order valence-corrected chi connectivity index (χ0v) is 19.5. The fourth-order valence-electron chi connectivity index (χ4n) is 2.95. The topological polar surface area (TPSA) is 70.4 Å². The molecule has 0 aliphatic heterocycles. The van der Waals surface area contributed by atoms with Crippen LogP contribution in [0.3, 0.4) is 0 Å². The maximum absolute atomic E-state index is 13.5. The molecule has 0 heterocycles. The third-order valence-electron chi connectivity index (χ3n) is 4.17. The fourth-order valence-corrected chi connectivity index (χ4v) is 4.84. The van der Waals surface area contributed by atoms with Crippen LogP contribution in [0, 0.1) is 11.3 Å². The van der Waals surface area contributed by atoms with Gasteiger partial charge in [-0.3, -0.25) is 9.10 Å². The average molecular weight is 475 g/mol. The number of nitrogens with zero attached hydrogens (tertiary/aromatic N) is 2. The molecule has 0 aliphatic carbocycles. The van der Waals surface area contributed by atoms with Crippen LogP contribution in [0.15, 0.2) is 59.5 Å². The second-order valence-corrected chi connectivity index (χ2v) is 10.1.